The van der Waals surface area contributed by atoms with E-state index in [2.05, 4.69) is 16.0 Å². The van der Waals surface area contributed by atoms with E-state index >= 15 is 0 Å². The standard InChI is InChI=1S/C79H138Cl2N4O28/c1-78(2,3)113-68-71(67-69-9-11-70(12-10-69)84-76(87)75-72(80)7-6-8-73(75)81)85-77(88)79(14-4-5-15-79)16-18-83-74(86)13-19-89-21-23-91-25-27-93-29-31-95-33-35-97-37-39-99-41-43-101-45-47-103-49-51-105-53-55-107-57-59-109-61-63-111-65-66-112-64-62-110-60-58-108-56-54-106-52-50-104-48-46-102-44-42-100-40-38-98-36-34-96-32-30-94-28-26-92-24-22-90-20-17-82/h6-12,71H,4-5,13-68,82H2,1-3H3,(H,83,86)(H,84,87)(H,85,88)/t71-/m0/s1. The lowest BCUT2D eigenvalue weighted by Crippen LogP contribution is -2.49. The Bertz CT molecular complexity index is 2470. The van der Waals surface area contributed by atoms with Crippen LogP contribution in [-0.4, -0.2) is 366 Å². The van der Waals surface area contributed by atoms with Gasteiger partial charge in [0.05, 0.1) is 356 Å². The quantitative estimate of drug-likeness (QED) is 0.0560. The van der Waals surface area contributed by atoms with Gasteiger partial charge in [-0.2, -0.15) is 0 Å². The number of benzene rings is 2. The van der Waals surface area contributed by atoms with E-state index in [9.17, 15) is 14.4 Å². The monoisotopic (exact) mass is 1660 g/mol. The molecular formula is C79H138Cl2N4O28. The third kappa shape index (κ3) is 63.1. The van der Waals surface area contributed by atoms with E-state index in [0.29, 0.717) is 349 Å². The van der Waals surface area contributed by atoms with Crippen LogP contribution >= 0.6 is 23.2 Å². The number of hydrogen-bond acceptors (Lipinski definition) is 29. The average molecular weight is 1660 g/mol. The molecule has 0 unspecified atom stereocenters. The molecule has 1 aliphatic carbocycles. The number of hydrogen-bond donors (Lipinski definition) is 4. The summed E-state index contributed by atoms with van der Waals surface area (Å²) >= 11 is 12.5. The first kappa shape index (κ1) is 104. The summed E-state index contributed by atoms with van der Waals surface area (Å²) in [5, 5.41) is 9.68. The Balaban J connectivity index is 0.931. The van der Waals surface area contributed by atoms with Crippen LogP contribution in [0.4, 0.5) is 5.69 Å². The third-order valence-electron chi connectivity index (χ3n) is 16.2. The van der Waals surface area contributed by atoms with E-state index in [1.165, 1.54) is 0 Å². The maximum Gasteiger partial charge on any atom is 0.258 e. The van der Waals surface area contributed by atoms with Gasteiger partial charge in [0.25, 0.3) is 5.91 Å². The van der Waals surface area contributed by atoms with Crippen LogP contribution in [0, 0.1) is 5.41 Å². The maximum atomic E-state index is 14.1. The van der Waals surface area contributed by atoms with E-state index < -0.39 is 16.9 Å². The number of nitrogens with two attached hydrogens (primary N) is 1. The number of rotatable bonds is 85. The molecule has 1 saturated carbocycles. The summed E-state index contributed by atoms with van der Waals surface area (Å²) in [7, 11) is 0. The molecule has 2 aromatic rings. The highest BCUT2D eigenvalue weighted by Gasteiger charge is 2.41. The van der Waals surface area contributed by atoms with Gasteiger partial charge in [0.2, 0.25) is 11.8 Å². The zero-order valence-corrected chi connectivity index (χ0v) is 69.4. The van der Waals surface area contributed by atoms with Crippen LogP contribution in [-0.2, 0) is 134 Å². The topological polar surface area (TPSA) is 344 Å². The van der Waals surface area contributed by atoms with E-state index in [-0.39, 0.29) is 46.5 Å². The molecule has 0 heterocycles. The number of carbonyl (C=O) groups excluding carboxylic acids is 3. The molecule has 3 rings (SSSR count). The highest BCUT2D eigenvalue weighted by Crippen LogP contribution is 2.41. The Kier molecular flexibility index (Phi) is 69.5. The van der Waals surface area contributed by atoms with Crippen molar-refractivity contribution >= 4 is 46.6 Å². The first-order valence-electron chi connectivity index (χ1n) is 40.0. The molecule has 656 valence electrons. The summed E-state index contributed by atoms with van der Waals surface area (Å²) < 4.78 is 139. The molecule has 2 aromatic carbocycles. The van der Waals surface area contributed by atoms with Crippen LogP contribution in [0.3, 0.4) is 0 Å². The van der Waals surface area contributed by atoms with E-state index in [1.807, 2.05) is 32.9 Å². The van der Waals surface area contributed by atoms with Gasteiger partial charge in [0.1, 0.15) is 0 Å². The lowest BCUT2D eigenvalue weighted by molar-refractivity contribution is -0.133. The maximum absolute atomic E-state index is 14.1. The molecule has 1 atom stereocenters. The molecule has 1 fully saturated rings. The first-order valence-corrected chi connectivity index (χ1v) is 40.8. The van der Waals surface area contributed by atoms with Crippen molar-refractivity contribution in [3.05, 3.63) is 63.6 Å². The van der Waals surface area contributed by atoms with Gasteiger partial charge in [-0.25, -0.2) is 0 Å². The van der Waals surface area contributed by atoms with Gasteiger partial charge in [-0.1, -0.05) is 54.2 Å². The minimum Gasteiger partial charge on any atom is -0.379 e. The van der Waals surface area contributed by atoms with Crippen molar-refractivity contribution in [3.63, 3.8) is 0 Å². The molecule has 0 saturated heterocycles. The number of halogens is 2. The van der Waals surface area contributed by atoms with Gasteiger partial charge in [0, 0.05) is 25.2 Å². The van der Waals surface area contributed by atoms with Gasteiger partial charge in [-0.05, 0) is 76.3 Å². The van der Waals surface area contributed by atoms with Crippen LogP contribution in [0.1, 0.15) is 75.2 Å². The van der Waals surface area contributed by atoms with Crippen LogP contribution in [0.25, 0.3) is 0 Å². The van der Waals surface area contributed by atoms with Crippen LogP contribution in [0.15, 0.2) is 42.5 Å². The summed E-state index contributed by atoms with van der Waals surface area (Å²) in [6.07, 6.45) is 4.62. The van der Waals surface area contributed by atoms with Crippen molar-refractivity contribution in [2.24, 2.45) is 11.1 Å². The molecule has 3 amide bonds. The van der Waals surface area contributed by atoms with Crippen LogP contribution in [0.2, 0.25) is 10.0 Å². The van der Waals surface area contributed by atoms with Crippen molar-refractivity contribution in [1.29, 1.82) is 0 Å². The number of amides is 3. The third-order valence-corrected chi connectivity index (χ3v) is 16.8. The largest absolute Gasteiger partial charge is 0.379 e. The zero-order valence-electron chi connectivity index (χ0n) is 67.9. The highest BCUT2D eigenvalue weighted by molar-refractivity contribution is 6.40. The average Bonchev–Trinajstić information content (AvgIpc) is 1.76. The van der Waals surface area contributed by atoms with E-state index in [0.717, 1.165) is 31.2 Å². The highest BCUT2D eigenvalue weighted by atomic mass is 35.5. The molecular weight excluding hydrogens is 1520 g/mol. The van der Waals surface area contributed by atoms with Crippen molar-refractivity contribution in [1.82, 2.24) is 10.6 Å². The second-order valence-corrected chi connectivity index (χ2v) is 27.2. The van der Waals surface area contributed by atoms with E-state index in [1.54, 1.807) is 30.3 Å². The van der Waals surface area contributed by atoms with Crippen molar-refractivity contribution in [3.8, 4) is 0 Å². The molecule has 0 aliphatic heterocycles. The lowest BCUT2D eigenvalue weighted by atomic mass is 9.81. The number of ether oxygens (including phenoxy) is 25. The molecule has 113 heavy (non-hydrogen) atoms. The summed E-state index contributed by atoms with van der Waals surface area (Å²) in [6, 6.07) is 12.0. The Morgan fingerprint density at radius 3 is 0.920 bits per heavy atom. The normalized spacial score (nSPS) is 13.2. The molecule has 0 aromatic heterocycles. The first-order chi connectivity index (χ1) is 55.4. The summed E-state index contributed by atoms with van der Waals surface area (Å²) in [5.74, 6) is -0.571. The number of nitrogens with one attached hydrogen (secondary N) is 3. The smallest absolute Gasteiger partial charge is 0.258 e. The molecule has 1 aliphatic rings. The lowest BCUT2D eigenvalue weighted by Gasteiger charge is -2.32. The number of carbonyl (C=O) groups is 3. The van der Waals surface area contributed by atoms with Crippen molar-refractivity contribution < 1.29 is 133 Å². The summed E-state index contributed by atoms with van der Waals surface area (Å²) in [6.45, 7) is 29.6. The van der Waals surface area contributed by atoms with Gasteiger partial charge in [0.15, 0.2) is 0 Å². The predicted octanol–water partition coefficient (Wildman–Crippen LogP) is 5.90. The second kappa shape index (κ2) is 75.8. The van der Waals surface area contributed by atoms with Crippen LogP contribution < -0.4 is 21.7 Å². The Labute approximate surface area is 681 Å². The van der Waals surface area contributed by atoms with Gasteiger partial charge in [-0.15, -0.1) is 0 Å². The SMILES string of the molecule is CC(C)(C)OC[C@H](Cc1ccc(NC(=O)c2c(Cl)cccc2Cl)cc1)NC(=O)C1(CCNC(=O)CCOCCOCCOCCOCCOCCOCCOCCOCCOCCOCCOCCOCCOCCOCCOCCOCCOCCOCCOCCOCCOCCOCCOCCOCCN)CCCC1. The van der Waals surface area contributed by atoms with Crippen molar-refractivity contribution in [2.75, 3.05) is 342 Å². The van der Waals surface area contributed by atoms with Gasteiger partial charge < -0.3 is 140 Å². The van der Waals surface area contributed by atoms with Gasteiger partial charge >= 0.3 is 0 Å². The molecule has 0 radical (unpaired) electrons. The fourth-order valence-electron chi connectivity index (χ4n) is 10.3. The Morgan fingerprint density at radius 1 is 0.389 bits per heavy atom. The summed E-state index contributed by atoms with van der Waals surface area (Å²) in [4.78, 5) is 39.8. The Hall–Kier alpha value is -3.61. The second-order valence-electron chi connectivity index (χ2n) is 26.4. The zero-order chi connectivity index (χ0) is 81.0. The number of anilines is 1. The Morgan fingerprint density at radius 2 is 0.655 bits per heavy atom. The minimum atomic E-state index is -0.590. The molecule has 32 nitrogen and oxygen atoms in total. The molecule has 0 bridgehead atoms. The fourth-order valence-corrected chi connectivity index (χ4v) is 10.9. The van der Waals surface area contributed by atoms with Gasteiger partial charge in [-0.3, -0.25) is 14.4 Å². The molecule has 0 spiro atoms. The minimum absolute atomic E-state index is 0.0278. The molecule has 34 heteroatoms. The predicted molar refractivity (Wildman–Crippen MR) is 424 cm³/mol. The van der Waals surface area contributed by atoms with Crippen molar-refractivity contribution in [2.45, 2.75) is 77.4 Å². The van der Waals surface area contributed by atoms with Crippen LogP contribution in [0.5, 0.6) is 0 Å². The fraction of sp³-hybridized carbons (Fsp3) is 0.810. The van der Waals surface area contributed by atoms with E-state index in [4.69, 9.17) is 147 Å². The summed E-state index contributed by atoms with van der Waals surface area (Å²) in [5.41, 5.74) is 6.09. The molecule has 5 N–H and O–H groups in total.